The van der Waals surface area contributed by atoms with Gasteiger partial charge >= 0.3 is 0 Å². The minimum absolute atomic E-state index is 0.0735. The first-order chi connectivity index (χ1) is 10.9. The van der Waals surface area contributed by atoms with E-state index in [0.29, 0.717) is 17.4 Å². The van der Waals surface area contributed by atoms with Gasteiger partial charge in [0.2, 0.25) is 0 Å². The first-order valence-corrected chi connectivity index (χ1v) is 7.82. The second-order valence-electron chi connectivity index (χ2n) is 6.17. The van der Waals surface area contributed by atoms with E-state index in [2.05, 4.69) is 50.9 Å². The van der Waals surface area contributed by atoms with Gasteiger partial charge < -0.3 is 0 Å². The van der Waals surface area contributed by atoms with Crippen molar-refractivity contribution in [2.75, 3.05) is 0 Å². The average Bonchev–Trinajstić information content (AvgIpc) is 2.52. The molecule has 4 heteroatoms. The van der Waals surface area contributed by atoms with Crippen molar-refractivity contribution >= 4 is 17.6 Å². The fourth-order valence-electron chi connectivity index (χ4n) is 2.56. The molecule has 0 saturated heterocycles. The van der Waals surface area contributed by atoms with Crippen LogP contribution in [0.2, 0.25) is 0 Å². The second-order valence-corrected chi connectivity index (χ2v) is 6.17. The number of hydrogen-bond donors (Lipinski definition) is 0. The van der Waals surface area contributed by atoms with Crippen LogP contribution in [0.4, 0.5) is 11.4 Å². The summed E-state index contributed by atoms with van der Waals surface area (Å²) in [5.41, 5.74) is 3.84. The Balaban J connectivity index is 2.53. The maximum atomic E-state index is 11.1. The molecule has 0 aliphatic carbocycles. The van der Waals surface area contributed by atoms with Crippen LogP contribution in [0, 0.1) is 10.1 Å². The lowest BCUT2D eigenvalue weighted by molar-refractivity contribution is -0.385. The fourth-order valence-corrected chi connectivity index (χ4v) is 2.56. The van der Waals surface area contributed by atoms with Crippen LogP contribution >= 0.6 is 0 Å². The molecule has 0 spiro atoms. The zero-order valence-electron chi connectivity index (χ0n) is 14.0. The van der Waals surface area contributed by atoms with Crippen molar-refractivity contribution in [3.8, 4) is 0 Å². The number of benzene rings is 2. The summed E-state index contributed by atoms with van der Waals surface area (Å²) in [7, 11) is 0. The lowest BCUT2D eigenvalue weighted by Gasteiger charge is -2.16. The summed E-state index contributed by atoms with van der Waals surface area (Å²) in [5, 5.41) is 11.1. The normalized spacial score (nSPS) is 11.6. The Hall–Kier alpha value is -2.49. The minimum atomic E-state index is -0.376. The van der Waals surface area contributed by atoms with E-state index in [1.807, 2.05) is 0 Å². The van der Waals surface area contributed by atoms with Gasteiger partial charge in [0.05, 0.1) is 16.2 Å². The predicted octanol–water partition coefficient (Wildman–Crippen LogP) is 5.59. The van der Waals surface area contributed by atoms with Crippen LogP contribution in [0.25, 0.3) is 0 Å². The Labute approximate surface area is 137 Å². The highest BCUT2D eigenvalue weighted by Gasteiger charge is 2.14. The molecule has 0 atom stereocenters. The number of nitro groups is 1. The van der Waals surface area contributed by atoms with Gasteiger partial charge in [-0.3, -0.25) is 15.1 Å². The summed E-state index contributed by atoms with van der Waals surface area (Å²) >= 11 is 0. The molecule has 0 heterocycles. The van der Waals surface area contributed by atoms with Gasteiger partial charge in [0.15, 0.2) is 0 Å². The van der Waals surface area contributed by atoms with Gasteiger partial charge in [-0.25, -0.2) is 0 Å². The Morgan fingerprint density at radius 3 is 2.04 bits per heavy atom. The maximum absolute atomic E-state index is 11.1. The molecule has 2 aromatic rings. The molecule has 0 aromatic heterocycles. The summed E-state index contributed by atoms with van der Waals surface area (Å²) in [6.45, 7) is 8.51. The number of hydrogen-bond acceptors (Lipinski definition) is 3. The monoisotopic (exact) mass is 310 g/mol. The molecule has 0 bridgehead atoms. The van der Waals surface area contributed by atoms with E-state index in [1.54, 1.807) is 24.4 Å². The van der Waals surface area contributed by atoms with Gasteiger partial charge in [-0.2, -0.15) is 0 Å². The molecule has 0 radical (unpaired) electrons. The van der Waals surface area contributed by atoms with Crippen molar-refractivity contribution in [2.45, 2.75) is 39.5 Å². The first kappa shape index (κ1) is 16.9. The summed E-state index contributed by atoms with van der Waals surface area (Å²) in [6, 6.07) is 12.9. The lowest BCUT2D eigenvalue weighted by Crippen LogP contribution is -1.97. The summed E-state index contributed by atoms with van der Waals surface area (Å²) < 4.78 is 0. The summed E-state index contributed by atoms with van der Waals surface area (Å²) in [4.78, 5) is 15.4. The van der Waals surface area contributed by atoms with Crippen LogP contribution in [0.1, 0.15) is 56.2 Å². The smallest absolute Gasteiger partial charge is 0.258 e. The molecule has 0 unspecified atom stereocenters. The molecular formula is C19H22N2O2. The molecule has 4 nitrogen and oxygen atoms in total. The Morgan fingerprint density at radius 2 is 1.52 bits per heavy atom. The van der Waals surface area contributed by atoms with Crippen molar-refractivity contribution in [2.24, 2.45) is 4.99 Å². The van der Waals surface area contributed by atoms with Gasteiger partial charge in [0, 0.05) is 12.3 Å². The van der Waals surface area contributed by atoms with Crippen LogP contribution in [0.15, 0.2) is 47.5 Å². The van der Waals surface area contributed by atoms with Crippen molar-refractivity contribution in [3.63, 3.8) is 0 Å². The Bertz CT molecular complexity index is 708. The second kappa shape index (κ2) is 7.18. The van der Waals surface area contributed by atoms with Gasteiger partial charge in [-0.05, 0) is 29.0 Å². The summed E-state index contributed by atoms with van der Waals surface area (Å²) in [6.07, 6.45) is 1.60. The molecule has 120 valence electrons. The molecule has 0 aliphatic heterocycles. The average molecular weight is 310 g/mol. The van der Waals surface area contributed by atoms with Crippen molar-refractivity contribution < 1.29 is 4.92 Å². The SMILES string of the molecule is CC(C)c1cccc(C(C)C)c1N=Cc1ccccc1[N+](=O)[O-]. The topological polar surface area (TPSA) is 55.5 Å². The van der Waals surface area contributed by atoms with E-state index in [1.165, 1.54) is 6.07 Å². The highest BCUT2D eigenvalue weighted by atomic mass is 16.6. The van der Waals surface area contributed by atoms with Crippen molar-refractivity contribution in [1.29, 1.82) is 0 Å². The predicted molar refractivity (Wildman–Crippen MR) is 95.0 cm³/mol. The fraction of sp³-hybridized carbons (Fsp3) is 0.316. The third-order valence-electron chi connectivity index (χ3n) is 3.81. The van der Waals surface area contributed by atoms with E-state index >= 15 is 0 Å². The van der Waals surface area contributed by atoms with Gasteiger partial charge in [0.1, 0.15) is 0 Å². The van der Waals surface area contributed by atoms with E-state index in [-0.39, 0.29) is 10.6 Å². The minimum Gasteiger partial charge on any atom is -0.258 e. The molecule has 0 amide bonds. The number of nitrogens with zero attached hydrogens (tertiary/aromatic N) is 2. The largest absolute Gasteiger partial charge is 0.278 e. The molecule has 0 aliphatic rings. The highest BCUT2D eigenvalue weighted by molar-refractivity contribution is 5.87. The zero-order valence-corrected chi connectivity index (χ0v) is 14.0. The van der Waals surface area contributed by atoms with E-state index in [4.69, 9.17) is 0 Å². The van der Waals surface area contributed by atoms with Crippen LogP contribution in [0.3, 0.4) is 0 Å². The molecule has 2 aromatic carbocycles. The molecular weight excluding hydrogens is 288 g/mol. The van der Waals surface area contributed by atoms with Crippen LogP contribution < -0.4 is 0 Å². The summed E-state index contributed by atoms with van der Waals surface area (Å²) in [5.74, 6) is 0.679. The van der Waals surface area contributed by atoms with Gasteiger partial charge in [0.25, 0.3) is 5.69 Å². The van der Waals surface area contributed by atoms with Crippen molar-refractivity contribution in [1.82, 2.24) is 0 Å². The molecule has 2 rings (SSSR count). The maximum Gasteiger partial charge on any atom is 0.278 e. The van der Waals surface area contributed by atoms with Crippen LogP contribution in [-0.4, -0.2) is 11.1 Å². The first-order valence-electron chi connectivity index (χ1n) is 7.82. The molecule has 0 fully saturated rings. The molecule has 0 saturated carbocycles. The number of aliphatic imine (C=N–C) groups is 1. The van der Waals surface area contributed by atoms with Crippen molar-refractivity contribution in [3.05, 3.63) is 69.3 Å². The van der Waals surface area contributed by atoms with Crippen LogP contribution in [-0.2, 0) is 0 Å². The van der Waals surface area contributed by atoms with E-state index in [9.17, 15) is 10.1 Å². The van der Waals surface area contributed by atoms with E-state index in [0.717, 1.165) is 16.8 Å². The Kier molecular flexibility index (Phi) is 5.27. The number of nitro benzene ring substituents is 1. The number of rotatable bonds is 5. The van der Waals surface area contributed by atoms with Gasteiger partial charge in [-0.1, -0.05) is 58.0 Å². The third-order valence-corrected chi connectivity index (χ3v) is 3.81. The Morgan fingerprint density at radius 1 is 0.957 bits per heavy atom. The van der Waals surface area contributed by atoms with Gasteiger partial charge in [-0.15, -0.1) is 0 Å². The molecule has 0 N–H and O–H groups in total. The van der Waals surface area contributed by atoms with E-state index < -0.39 is 0 Å². The highest BCUT2D eigenvalue weighted by Crippen LogP contribution is 2.34. The molecule has 23 heavy (non-hydrogen) atoms. The van der Waals surface area contributed by atoms with Crippen LogP contribution in [0.5, 0.6) is 0 Å². The standard InChI is InChI=1S/C19H22N2O2/c1-13(2)16-9-7-10-17(14(3)4)19(16)20-12-15-8-5-6-11-18(15)21(22)23/h5-14H,1-4H3. The number of para-hydroxylation sites is 2. The zero-order chi connectivity index (χ0) is 17.0. The quantitative estimate of drug-likeness (QED) is 0.410. The lowest BCUT2D eigenvalue weighted by atomic mass is 9.93. The third kappa shape index (κ3) is 3.83.